The lowest BCUT2D eigenvalue weighted by atomic mass is 10.1. The molecule has 238 valence electrons. The van der Waals surface area contributed by atoms with Crippen molar-refractivity contribution in [1.29, 1.82) is 0 Å². The van der Waals surface area contributed by atoms with E-state index in [2.05, 4.69) is 48.4 Å². The number of aryl methyl sites for hydroxylation is 3. The first-order valence-corrected chi connectivity index (χ1v) is 15.2. The number of hydrogen-bond acceptors (Lipinski definition) is 4. The van der Waals surface area contributed by atoms with E-state index in [1.165, 1.54) is 37.1 Å². The van der Waals surface area contributed by atoms with Crippen LogP contribution in [0.15, 0.2) is 48.7 Å². The van der Waals surface area contributed by atoms with Crippen molar-refractivity contribution < 1.29 is 23.1 Å². The van der Waals surface area contributed by atoms with Gasteiger partial charge in [0, 0.05) is 55.7 Å². The summed E-state index contributed by atoms with van der Waals surface area (Å²) < 4.78 is 28.9. The lowest BCUT2D eigenvalue weighted by Crippen LogP contribution is -2.45. The highest BCUT2D eigenvalue weighted by atomic mass is 35.5. The zero-order valence-electron chi connectivity index (χ0n) is 26.9. The van der Waals surface area contributed by atoms with Crippen molar-refractivity contribution in [3.63, 3.8) is 0 Å². The Labute approximate surface area is 261 Å². The van der Waals surface area contributed by atoms with Gasteiger partial charge in [0.05, 0.1) is 6.04 Å². The molecule has 3 aromatic rings. The molecule has 6 nitrogen and oxygen atoms in total. The molecule has 1 heterocycles. The third-order valence-corrected chi connectivity index (χ3v) is 7.53. The van der Waals surface area contributed by atoms with Crippen LogP contribution < -0.4 is 5.32 Å². The predicted octanol–water partition coefficient (Wildman–Crippen LogP) is 9.21. The standard InChI is InChI=1S/C18H27ClN2O3.C11H11N.C5H10F2/c1-5-6-10-16(12-24-14(3)22)21(4)18(23)20-11-15-9-7-8-13(2)17(15)19;1-8-3-4-10-7-12-9(2)6-11(10)5-8;1-3-5(6,7)4-2/h7-9,16H,5-6,10-12H2,1-4H3,(H,20,23);3-7H,1-2H3;3-4H2,1-2H3. The molecular weight excluding hydrogens is 572 g/mol. The smallest absolute Gasteiger partial charge is 0.317 e. The first-order valence-electron chi connectivity index (χ1n) is 14.8. The molecule has 0 saturated carbocycles. The minimum absolute atomic E-state index is 0.0382. The summed E-state index contributed by atoms with van der Waals surface area (Å²) in [5, 5.41) is 6.04. The van der Waals surface area contributed by atoms with Gasteiger partial charge in [-0.15, -0.1) is 0 Å². The summed E-state index contributed by atoms with van der Waals surface area (Å²) in [5.41, 5.74) is 4.23. The molecule has 0 bridgehead atoms. The third-order valence-electron chi connectivity index (χ3n) is 6.99. The van der Waals surface area contributed by atoms with Crippen molar-refractivity contribution in [1.82, 2.24) is 15.2 Å². The number of urea groups is 1. The molecular formula is C34H48ClF2N3O3. The number of amides is 2. The fraction of sp³-hybridized carbons (Fsp3) is 0.500. The molecule has 43 heavy (non-hydrogen) atoms. The van der Waals surface area contributed by atoms with Gasteiger partial charge in [0.25, 0.3) is 0 Å². The first-order chi connectivity index (χ1) is 20.2. The maximum atomic E-state index is 12.4. The summed E-state index contributed by atoms with van der Waals surface area (Å²) in [6.07, 6.45) is 4.62. The van der Waals surface area contributed by atoms with Crippen LogP contribution in [0.1, 0.15) is 82.2 Å². The van der Waals surface area contributed by atoms with Gasteiger partial charge in [0.1, 0.15) is 6.61 Å². The molecule has 0 radical (unpaired) electrons. The van der Waals surface area contributed by atoms with E-state index in [0.29, 0.717) is 11.6 Å². The Kier molecular flexibility index (Phi) is 16.8. The van der Waals surface area contributed by atoms with E-state index < -0.39 is 5.92 Å². The molecule has 1 aromatic heterocycles. The Morgan fingerprint density at radius 3 is 2.30 bits per heavy atom. The summed E-state index contributed by atoms with van der Waals surface area (Å²) in [7, 11) is 1.72. The number of pyridine rings is 1. The molecule has 1 unspecified atom stereocenters. The number of nitrogens with zero attached hydrogens (tertiary/aromatic N) is 2. The highest BCUT2D eigenvalue weighted by molar-refractivity contribution is 6.32. The van der Waals surface area contributed by atoms with Crippen molar-refractivity contribution >= 4 is 34.4 Å². The number of fused-ring (bicyclic) bond motifs is 1. The summed E-state index contributed by atoms with van der Waals surface area (Å²) in [5.74, 6) is -2.75. The second-order valence-electron chi connectivity index (χ2n) is 10.7. The zero-order chi connectivity index (χ0) is 32.6. The number of unbranched alkanes of at least 4 members (excludes halogenated alkanes) is 1. The summed E-state index contributed by atoms with van der Waals surface area (Å²) >= 11 is 6.25. The van der Waals surface area contributed by atoms with Crippen LogP contribution in [-0.4, -0.2) is 47.5 Å². The van der Waals surface area contributed by atoms with Crippen LogP contribution in [0.4, 0.5) is 13.6 Å². The second-order valence-corrected chi connectivity index (χ2v) is 11.0. The summed E-state index contributed by atoms with van der Waals surface area (Å²) in [6, 6.07) is 13.9. The molecule has 0 aliphatic heterocycles. The molecule has 9 heteroatoms. The zero-order valence-corrected chi connectivity index (χ0v) is 27.7. The number of ether oxygens (including phenoxy) is 1. The van der Waals surface area contributed by atoms with Gasteiger partial charge in [-0.05, 0) is 49.8 Å². The molecule has 0 saturated heterocycles. The number of rotatable bonds is 10. The van der Waals surface area contributed by atoms with Gasteiger partial charge in [0.15, 0.2) is 0 Å². The Morgan fingerprint density at radius 1 is 1.05 bits per heavy atom. The Balaban J connectivity index is 0.000000398. The topological polar surface area (TPSA) is 71.5 Å². The van der Waals surface area contributed by atoms with Crippen LogP contribution in [0.25, 0.3) is 10.8 Å². The predicted molar refractivity (Wildman–Crippen MR) is 173 cm³/mol. The molecule has 0 aliphatic rings. The number of alkyl halides is 2. The molecule has 2 aromatic carbocycles. The second kappa shape index (κ2) is 19.1. The normalized spacial score (nSPS) is 11.4. The fourth-order valence-electron chi connectivity index (χ4n) is 3.97. The van der Waals surface area contributed by atoms with Gasteiger partial charge < -0.3 is 15.0 Å². The number of benzene rings is 2. The van der Waals surface area contributed by atoms with E-state index in [-0.39, 0.29) is 37.5 Å². The number of nitrogens with one attached hydrogen (secondary N) is 1. The van der Waals surface area contributed by atoms with E-state index in [4.69, 9.17) is 16.3 Å². The van der Waals surface area contributed by atoms with Gasteiger partial charge in [-0.25, -0.2) is 13.6 Å². The Hall–Kier alpha value is -3.26. The molecule has 1 atom stereocenters. The average Bonchev–Trinajstić information content (AvgIpc) is 2.97. The monoisotopic (exact) mass is 619 g/mol. The minimum atomic E-state index is -2.42. The lowest BCUT2D eigenvalue weighted by molar-refractivity contribution is -0.142. The van der Waals surface area contributed by atoms with Crippen LogP contribution in [0.3, 0.4) is 0 Å². The number of carbonyl (C=O) groups is 2. The van der Waals surface area contributed by atoms with Crippen molar-refractivity contribution in [2.75, 3.05) is 13.7 Å². The van der Waals surface area contributed by atoms with E-state index in [1.807, 2.05) is 38.2 Å². The Morgan fingerprint density at radius 2 is 1.72 bits per heavy atom. The minimum Gasteiger partial charge on any atom is -0.464 e. The number of carbonyl (C=O) groups excluding carboxylic acids is 2. The highest BCUT2D eigenvalue weighted by Gasteiger charge is 2.22. The van der Waals surface area contributed by atoms with Crippen molar-refractivity contribution in [2.45, 2.75) is 99.1 Å². The quantitative estimate of drug-likeness (QED) is 0.230. The molecule has 2 amide bonds. The van der Waals surface area contributed by atoms with E-state index in [0.717, 1.165) is 36.1 Å². The maximum absolute atomic E-state index is 12.4. The molecule has 0 aliphatic carbocycles. The van der Waals surface area contributed by atoms with Crippen molar-refractivity contribution in [3.05, 3.63) is 76.1 Å². The van der Waals surface area contributed by atoms with Crippen LogP contribution in [0.5, 0.6) is 0 Å². The van der Waals surface area contributed by atoms with Crippen LogP contribution in [0, 0.1) is 20.8 Å². The van der Waals surface area contributed by atoms with Crippen LogP contribution in [-0.2, 0) is 16.1 Å². The number of hydrogen-bond donors (Lipinski definition) is 1. The van der Waals surface area contributed by atoms with Gasteiger partial charge in [-0.2, -0.15) is 0 Å². The fourth-order valence-corrected chi connectivity index (χ4v) is 4.16. The number of likely N-dealkylation sites (N-methyl/N-ethyl adjacent to an activating group) is 1. The van der Waals surface area contributed by atoms with Crippen molar-refractivity contribution in [3.8, 4) is 0 Å². The SMILES string of the molecule is CCC(F)(F)CC.CCCCC(COC(C)=O)N(C)C(=O)NCc1cccc(C)c1Cl.Cc1ccc2cnc(C)cc2c1. The van der Waals surface area contributed by atoms with E-state index in [1.54, 1.807) is 11.9 Å². The third kappa shape index (κ3) is 14.2. The number of aromatic nitrogens is 1. The molecule has 0 fully saturated rings. The van der Waals surface area contributed by atoms with Gasteiger partial charge in [-0.3, -0.25) is 9.78 Å². The number of halogens is 3. The van der Waals surface area contributed by atoms with Gasteiger partial charge in [-0.1, -0.05) is 87.2 Å². The molecule has 1 N–H and O–H groups in total. The number of esters is 1. The highest BCUT2D eigenvalue weighted by Crippen LogP contribution is 2.21. The summed E-state index contributed by atoms with van der Waals surface area (Å²) in [4.78, 5) is 29.3. The lowest BCUT2D eigenvalue weighted by Gasteiger charge is -2.28. The average molecular weight is 620 g/mol. The van der Waals surface area contributed by atoms with Crippen LogP contribution >= 0.6 is 11.6 Å². The first kappa shape index (κ1) is 37.8. The van der Waals surface area contributed by atoms with Gasteiger partial charge in [0.2, 0.25) is 5.92 Å². The summed E-state index contributed by atoms with van der Waals surface area (Å²) in [6.45, 7) is 13.1. The Bertz CT molecular complexity index is 1260. The molecule has 0 spiro atoms. The largest absolute Gasteiger partial charge is 0.464 e. The maximum Gasteiger partial charge on any atom is 0.317 e. The van der Waals surface area contributed by atoms with E-state index in [9.17, 15) is 18.4 Å². The van der Waals surface area contributed by atoms with Crippen LogP contribution in [0.2, 0.25) is 5.02 Å². The van der Waals surface area contributed by atoms with Crippen molar-refractivity contribution in [2.24, 2.45) is 0 Å². The molecule has 3 rings (SSSR count). The van der Waals surface area contributed by atoms with Gasteiger partial charge >= 0.3 is 12.0 Å². The van der Waals surface area contributed by atoms with E-state index >= 15 is 0 Å².